The second-order valence-electron chi connectivity index (χ2n) is 6.88. The highest BCUT2D eigenvalue weighted by molar-refractivity contribution is 6.30. The minimum absolute atomic E-state index is 0.0872. The predicted octanol–water partition coefficient (Wildman–Crippen LogP) is 4.71. The number of ether oxygens (including phenoxy) is 1. The maximum atomic E-state index is 13.0. The Morgan fingerprint density at radius 3 is 2.39 bits per heavy atom. The SMILES string of the molecule is O=C(O)c1cnc(Nc2ccc(Oc3ccc(F)cn3)cc2)n(Cc2ccc(Cl)cc2)c1=O. The fourth-order valence-corrected chi connectivity index (χ4v) is 3.06. The van der Waals surface area contributed by atoms with Gasteiger partial charge in [-0.3, -0.25) is 9.36 Å². The zero-order valence-corrected chi connectivity index (χ0v) is 17.7. The van der Waals surface area contributed by atoms with Crippen molar-refractivity contribution in [3.63, 3.8) is 0 Å². The number of nitrogens with zero attached hydrogens (tertiary/aromatic N) is 3. The van der Waals surface area contributed by atoms with Crippen LogP contribution in [0, 0.1) is 5.82 Å². The van der Waals surface area contributed by atoms with Crippen molar-refractivity contribution in [2.45, 2.75) is 6.54 Å². The molecule has 33 heavy (non-hydrogen) atoms. The number of nitrogens with one attached hydrogen (secondary N) is 1. The summed E-state index contributed by atoms with van der Waals surface area (Å²) in [5, 5.41) is 12.9. The molecule has 10 heteroatoms. The van der Waals surface area contributed by atoms with E-state index in [0.29, 0.717) is 16.5 Å². The summed E-state index contributed by atoms with van der Waals surface area (Å²) in [5.74, 6) is -0.964. The Labute approximate surface area is 191 Å². The number of hydrogen-bond donors (Lipinski definition) is 2. The number of halogens is 2. The Morgan fingerprint density at radius 2 is 1.76 bits per heavy atom. The van der Waals surface area contributed by atoms with E-state index in [1.54, 1.807) is 48.5 Å². The Kier molecular flexibility index (Phi) is 6.32. The third-order valence-corrected chi connectivity index (χ3v) is 4.82. The van der Waals surface area contributed by atoms with Gasteiger partial charge in [0.05, 0.1) is 18.9 Å². The molecule has 4 rings (SSSR count). The lowest BCUT2D eigenvalue weighted by atomic mass is 10.2. The molecular weight excluding hydrogens is 451 g/mol. The van der Waals surface area contributed by atoms with Gasteiger partial charge in [0.1, 0.15) is 17.1 Å². The molecule has 0 spiro atoms. The van der Waals surface area contributed by atoms with Crippen molar-refractivity contribution in [2.24, 2.45) is 0 Å². The average Bonchev–Trinajstić information content (AvgIpc) is 2.80. The molecule has 0 atom stereocenters. The Bertz CT molecular complexity index is 1340. The number of carbonyl (C=O) groups is 1. The maximum Gasteiger partial charge on any atom is 0.342 e. The van der Waals surface area contributed by atoms with Crippen molar-refractivity contribution in [1.29, 1.82) is 0 Å². The molecule has 0 fully saturated rings. The first-order valence-electron chi connectivity index (χ1n) is 9.63. The zero-order chi connectivity index (χ0) is 23.4. The second-order valence-corrected chi connectivity index (χ2v) is 7.32. The molecule has 2 N–H and O–H groups in total. The van der Waals surface area contributed by atoms with E-state index in [0.717, 1.165) is 18.0 Å². The van der Waals surface area contributed by atoms with Crippen molar-refractivity contribution >= 4 is 29.2 Å². The molecule has 0 aliphatic rings. The molecule has 2 aromatic heterocycles. The molecule has 2 aromatic carbocycles. The van der Waals surface area contributed by atoms with E-state index in [9.17, 15) is 19.1 Å². The highest BCUT2D eigenvalue weighted by atomic mass is 35.5. The summed E-state index contributed by atoms with van der Waals surface area (Å²) in [7, 11) is 0. The van der Waals surface area contributed by atoms with Crippen LogP contribution in [-0.2, 0) is 6.54 Å². The standard InChI is InChI=1S/C23H16ClFN4O4/c24-15-3-1-14(2-4-15)13-29-21(30)19(22(31)32)12-27-23(29)28-17-6-8-18(9-7-17)33-20-10-5-16(25)11-26-20/h1-12H,13H2,(H,27,28)(H,31,32). The lowest BCUT2D eigenvalue weighted by Crippen LogP contribution is -2.29. The first-order chi connectivity index (χ1) is 15.9. The van der Waals surface area contributed by atoms with Crippen LogP contribution in [0.4, 0.5) is 16.0 Å². The van der Waals surface area contributed by atoms with Crippen LogP contribution in [0.3, 0.4) is 0 Å². The fourth-order valence-electron chi connectivity index (χ4n) is 2.94. The fraction of sp³-hybridized carbons (Fsp3) is 0.0435. The number of aromatic carboxylic acids is 1. The number of rotatable bonds is 7. The number of hydrogen-bond acceptors (Lipinski definition) is 6. The van der Waals surface area contributed by atoms with E-state index in [-0.39, 0.29) is 18.4 Å². The topological polar surface area (TPSA) is 106 Å². The van der Waals surface area contributed by atoms with Crippen LogP contribution >= 0.6 is 11.6 Å². The number of carboxylic acids is 1. The third kappa shape index (κ3) is 5.34. The molecule has 166 valence electrons. The average molecular weight is 467 g/mol. The molecule has 0 aliphatic heterocycles. The number of anilines is 2. The van der Waals surface area contributed by atoms with Gasteiger partial charge in [0.25, 0.3) is 5.56 Å². The minimum atomic E-state index is -1.36. The second kappa shape index (κ2) is 9.49. The summed E-state index contributed by atoms with van der Waals surface area (Å²) < 4.78 is 19.8. The molecule has 4 aromatic rings. The molecular formula is C23H16ClFN4O4. The molecule has 0 amide bonds. The molecule has 8 nitrogen and oxygen atoms in total. The van der Waals surface area contributed by atoms with Crippen LogP contribution in [0.15, 0.2) is 77.9 Å². The van der Waals surface area contributed by atoms with Gasteiger partial charge in [-0.05, 0) is 48.0 Å². The summed E-state index contributed by atoms with van der Waals surface area (Å²) in [6.07, 6.45) is 2.07. The normalized spacial score (nSPS) is 10.6. The molecule has 0 radical (unpaired) electrons. The van der Waals surface area contributed by atoms with Gasteiger partial charge in [-0.25, -0.2) is 19.2 Å². The van der Waals surface area contributed by atoms with Gasteiger partial charge in [0, 0.05) is 16.8 Å². The molecule has 0 unspecified atom stereocenters. The van der Waals surface area contributed by atoms with Crippen molar-refractivity contribution in [1.82, 2.24) is 14.5 Å². The number of pyridine rings is 1. The molecule has 0 saturated carbocycles. The van der Waals surface area contributed by atoms with Gasteiger partial charge >= 0.3 is 5.97 Å². The molecule has 0 saturated heterocycles. The van der Waals surface area contributed by atoms with Crippen molar-refractivity contribution in [2.75, 3.05) is 5.32 Å². The van der Waals surface area contributed by atoms with E-state index >= 15 is 0 Å². The minimum Gasteiger partial charge on any atom is -0.477 e. The van der Waals surface area contributed by atoms with E-state index in [4.69, 9.17) is 16.3 Å². The summed E-state index contributed by atoms with van der Waals surface area (Å²) in [6, 6.07) is 16.2. The lowest BCUT2D eigenvalue weighted by Gasteiger charge is -2.15. The lowest BCUT2D eigenvalue weighted by molar-refractivity contribution is 0.0693. The smallest absolute Gasteiger partial charge is 0.342 e. The maximum absolute atomic E-state index is 13.0. The van der Waals surface area contributed by atoms with Crippen LogP contribution < -0.4 is 15.6 Å². The van der Waals surface area contributed by atoms with Gasteiger partial charge in [-0.1, -0.05) is 23.7 Å². The van der Waals surface area contributed by atoms with Crippen molar-refractivity contribution < 1.29 is 19.0 Å². The molecule has 2 heterocycles. The molecule has 0 aliphatic carbocycles. The summed E-state index contributed by atoms with van der Waals surface area (Å²) in [4.78, 5) is 32.2. The van der Waals surface area contributed by atoms with E-state index < -0.39 is 22.9 Å². The van der Waals surface area contributed by atoms with Gasteiger partial charge in [0.15, 0.2) is 0 Å². The summed E-state index contributed by atoms with van der Waals surface area (Å²) in [6.45, 7) is 0.0872. The Balaban J connectivity index is 1.59. The summed E-state index contributed by atoms with van der Waals surface area (Å²) >= 11 is 5.92. The monoisotopic (exact) mass is 466 g/mol. The van der Waals surface area contributed by atoms with Gasteiger partial charge in [-0.15, -0.1) is 0 Å². The summed E-state index contributed by atoms with van der Waals surface area (Å²) in [5.41, 5.74) is 0.182. The van der Waals surface area contributed by atoms with Crippen LogP contribution in [0.25, 0.3) is 0 Å². The van der Waals surface area contributed by atoms with Crippen LogP contribution in [0.2, 0.25) is 5.02 Å². The van der Waals surface area contributed by atoms with Crippen LogP contribution in [0.5, 0.6) is 11.6 Å². The van der Waals surface area contributed by atoms with E-state index in [1.807, 2.05) is 0 Å². The van der Waals surface area contributed by atoms with Crippen LogP contribution in [-0.4, -0.2) is 25.6 Å². The highest BCUT2D eigenvalue weighted by Gasteiger charge is 2.16. The number of benzene rings is 2. The van der Waals surface area contributed by atoms with Gasteiger partial charge in [0.2, 0.25) is 11.8 Å². The number of carboxylic acid groups (broad SMARTS) is 1. The molecule has 0 bridgehead atoms. The zero-order valence-electron chi connectivity index (χ0n) is 16.9. The van der Waals surface area contributed by atoms with E-state index in [1.165, 1.54) is 16.7 Å². The van der Waals surface area contributed by atoms with E-state index in [2.05, 4.69) is 15.3 Å². The quantitative estimate of drug-likeness (QED) is 0.406. The van der Waals surface area contributed by atoms with Crippen molar-refractivity contribution in [3.05, 3.63) is 105 Å². The predicted molar refractivity (Wildman–Crippen MR) is 120 cm³/mol. The Hall–Kier alpha value is -4.24. The number of aromatic nitrogens is 3. The first-order valence-corrected chi connectivity index (χ1v) is 10.0. The van der Waals surface area contributed by atoms with Crippen LogP contribution in [0.1, 0.15) is 15.9 Å². The van der Waals surface area contributed by atoms with Gasteiger partial charge in [-0.2, -0.15) is 0 Å². The Morgan fingerprint density at radius 1 is 1.03 bits per heavy atom. The van der Waals surface area contributed by atoms with Crippen molar-refractivity contribution in [3.8, 4) is 11.6 Å². The largest absolute Gasteiger partial charge is 0.477 e. The van der Waals surface area contributed by atoms with Gasteiger partial charge < -0.3 is 15.2 Å². The first kappa shape index (κ1) is 22.0. The third-order valence-electron chi connectivity index (χ3n) is 4.56. The highest BCUT2D eigenvalue weighted by Crippen LogP contribution is 2.23.